The summed E-state index contributed by atoms with van der Waals surface area (Å²) in [6, 6.07) is 14.7. The molecule has 3 aromatic heterocycles. The van der Waals surface area contributed by atoms with Crippen molar-refractivity contribution in [2.24, 2.45) is 17.3 Å². The van der Waals surface area contributed by atoms with Crippen LogP contribution >= 0.6 is 22.9 Å². The fourth-order valence-corrected chi connectivity index (χ4v) is 13.3. The highest BCUT2D eigenvalue weighted by Crippen LogP contribution is 2.48. The van der Waals surface area contributed by atoms with Gasteiger partial charge in [0.05, 0.1) is 68.4 Å². The quantitative estimate of drug-likeness (QED) is 0.0371. The van der Waals surface area contributed by atoms with Crippen LogP contribution in [-0.2, 0) is 30.8 Å². The number of hydrogen-bond acceptors (Lipinski definition) is 20. The number of fused-ring (bicyclic) bond motifs is 1. The monoisotopic (exact) mass is 1300 g/mol. The van der Waals surface area contributed by atoms with Gasteiger partial charge in [-0.3, -0.25) is 19.4 Å². The molecule has 6 heterocycles. The molecule has 2 saturated carbocycles. The van der Waals surface area contributed by atoms with Crippen molar-refractivity contribution >= 4 is 73.8 Å². The molecule has 480 valence electrons. The van der Waals surface area contributed by atoms with Gasteiger partial charge in [0.15, 0.2) is 27.0 Å². The minimum atomic E-state index is -3.94. The number of amides is 3. The molecule has 2 aliphatic carbocycles. The summed E-state index contributed by atoms with van der Waals surface area (Å²) in [4.78, 5) is 68.3. The highest BCUT2D eigenvalue weighted by molar-refractivity contribution is 7.90. The Balaban J connectivity index is 0.751. The van der Waals surface area contributed by atoms with Crippen LogP contribution in [0.3, 0.4) is 0 Å². The molecule has 5 aliphatic rings. The minimum Gasteiger partial charge on any atom is -0.493 e. The van der Waals surface area contributed by atoms with Crippen molar-refractivity contribution in [3.05, 3.63) is 106 Å². The number of ether oxygens (including phenoxy) is 4. The molecule has 3 amide bonds. The molecule has 3 aromatic carbocycles. The molecule has 6 aromatic rings. The molecule has 0 radical (unpaired) electrons. The highest BCUT2D eigenvalue weighted by Gasteiger charge is 2.53. The Hall–Kier alpha value is -7.59. The molecule has 0 spiro atoms. The molecule has 3 aliphatic heterocycles. The van der Waals surface area contributed by atoms with E-state index in [0.29, 0.717) is 68.3 Å². The first-order valence-corrected chi connectivity index (χ1v) is 33.2. The maximum atomic E-state index is 14.8. The number of rotatable bonds is 22. The molecule has 0 unspecified atom stereocenters. The second-order valence-corrected chi connectivity index (χ2v) is 27.9. The lowest BCUT2D eigenvalue weighted by Crippen LogP contribution is -2.59. The van der Waals surface area contributed by atoms with E-state index in [0.717, 1.165) is 54.5 Å². The standard InChI is InChI=1S/C62H72ClF3N12O10S2/c1-35-52(89-34-70-35)38-15-16-39(31-69-54(80)46-29-40(79)32-78(46)55(81)53(60(2,3)4)73-56(82)61(64)20-21-61)48(28-38)85-27-19-36-11-13-37(14-12-36)33-86-59-75-57(74-58(76-59)77-25-23-67-24-26-77)72-45-30-41(90(5,83)84)17-18-44(45)71-49(50-43(63)9-7-22-68-50)42-8-6-10-47-51(42)88-62(65,66)87-47/h6-10,15-18,22,28,30,34,36-37,40,46,49,53,67,71,79H,11-14,19-21,23-27,29,31-33H2,1-5H3,(H,69,80)(H,73,82)(H,72,74,75,76)/t36-,37-,40-,46+,49+,53-/m1/s1. The number of halogens is 4. The number of anilines is 4. The number of aryl methyl sites for hydroxylation is 1. The van der Waals surface area contributed by atoms with Gasteiger partial charge in [-0.1, -0.05) is 56.6 Å². The lowest BCUT2D eigenvalue weighted by molar-refractivity contribution is -0.287. The molecule has 28 heteroatoms. The Morgan fingerprint density at radius 1 is 0.933 bits per heavy atom. The fraction of sp³-hybridized carbons (Fsp3) is 0.484. The molecule has 90 heavy (non-hydrogen) atoms. The van der Waals surface area contributed by atoms with Gasteiger partial charge in [-0.2, -0.15) is 15.0 Å². The maximum Gasteiger partial charge on any atom is 0.586 e. The lowest BCUT2D eigenvalue weighted by atomic mass is 9.81. The first-order valence-electron chi connectivity index (χ1n) is 30.0. The first-order chi connectivity index (χ1) is 42.9. The van der Waals surface area contributed by atoms with Crippen LogP contribution in [0.15, 0.2) is 83.3 Å². The van der Waals surface area contributed by atoms with Gasteiger partial charge < -0.3 is 60.4 Å². The summed E-state index contributed by atoms with van der Waals surface area (Å²) in [6.45, 7) is 10.4. The molecule has 22 nitrogen and oxygen atoms in total. The van der Waals surface area contributed by atoms with Crippen LogP contribution in [-0.4, -0.2) is 143 Å². The Labute approximate surface area is 528 Å². The number of aromatic nitrogens is 5. The number of carbonyl (C=O) groups is 3. The Morgan fingerprint density at radius 3 is 2.41 bits per heavy atom. The highest BCUT2D eigenvalue weighted by atomic mass is 35.5. The largest absolute Gasteiger partial charge is 0.586 e. The van der Waals surface area contributed by atoms with Gasteiger partial charge in [0.25, 0.3) is 5.91 Å². The van der Waals surface area contributed by atoms with Gasteiger partial charge in [-0.25, -0.2) is 17.8 Å². The van der Waals surface area contributed by atoms with E-state index >= 15 is 0 Å². The number of nitrogens with one attached hydrogen (secondary N) is 5. The number of alkyl halides is 3. The SMILES string of the molecule is Cc1ncsc1-c1ccc(CNC(=O)[C@@H]2C[C@@H](O)CN2C(=O)[C@@H](NC(=O)C2(F)CC2)C(C)(C)C)c(OCC[C@H]2CC[C@H](COc3nc(Nc4cc(S(C)(=O)=O)ccc4N[C@@H](c4cccc5c4OC(F)(F)O5)c4ncccc4Cl)nc(N4CCNCC4)n3)CC2)c1. The number of nitrogens with zero attached hydrogens (tertiary/aromatic N) is 7. The first kappa shape index (κ1) is 64.0. The van der Waals surface area contributed by atoms with Crippen molar-refractivity contribution in [1.29, 1.82) is 0 Å². The number of aliphatic hydroxyl groups is 1. The lowest BCUT2D eigenvalue weighted by Gasteiger charge is -2.35. The Kier molecular flexibility index (Phi) is 18.7. The maximum absolute atomic E-state index is 14.8. The second kappa shape index (κ2) is 26.3. The van der Waals surface area contributed by atoms with Gasteiger partial charge in [0, 0.05) is 69.3 Å². The number of piperazine rings is 1. The minimum absolute atomic E-state index is 0.00836. The normalized spacial score (nSPS) is 20.8. The summed E-state index contributed by atoms with van der Waals surface area (Å²) in [6.07, 6.45) is 2.08. The number of hydrogen-bond donors (Lipinski definition) is 6. The Morgan fingerprint density at radius 2 is 1.70 bits per heavy atom. The number of carbonyl (C=O) groups excluding carboxylic acids is 3. The number of para-hydroxylation sites is 1. The van der Waals surface area contributed by atoms with Gasteiger partial charge in [0.2, 0.25) is 23.7 Å². The van der Waals surface area contributed by atoms with Crippen LogP contribution in [0.2, 0.25) is 5.02 Å². The number of aliphatic hydroxyl groups excluding tert-OH is 1. The van der Waals surface area contributed by atoms with Crippen LogP contribution in [0.4, 0.5) is 36.4 Å². The van der Waals surface area contributed by atoms with Crippen molar-refractivity contribution in [3.63, 3.8) is 0 Å². The summed E-state index contributed by atoms with van der Waals surface area (Å²) in [5, 5.41) is 26.5. The molecule has 4 atom stereocenters. The summed E-state index contributed by atoms with van der Waals surface area (Å²) in [5.41, 5.74) is 2.38. The van der Waals surface area contributed by atoms with E-state index in [1.807, 2.05) is 30.0 Å². The van der Waals surface area contributed by atoms with E-state index in [4.69, 9.17) is 45.5 Å². The zero-order valence-electron chi connectivity index (χ0n) is 50.4. The topological polar surface area (TPSA) is 274 Å². The van der Waals surface area contributed by atoms with Crippen LogP contribution in [0.25, 0.3) is 10.4 Å². The van der Waals surface area contributed by atoms with Crippen molar-refractivity contribution in [3.8, 4) is 33.7 Å². The average molecular weight is 1300 g/mol. The van der Waals surface area contributed by atoms with Gasteiger partial charge in [0.1, 0.15) is 17.8 Å². The predicted molar refractivity (Wildman–Crippen MR) is 331 cm³/mol. The molecule has 6 N–H and O–H groups in total. The third kappa shape index (κ3) is 14.9. The zero-order chi connectivity index (χ0) is 63.7. The van der Waals surface area contributed by atoms with E-state index in [2.05, 4.69) is 36.6 Å². The predicted octanol–water partition coefficient (Wildman–Crippen LogP) is 8.70. The van der Waals surface area contributed by atoms with Crippen molar-refractivity contribution in [1.82, 2.24) is 45.8 Å². The number of β-amino-alcohol motifs (C(OH)–C–C–N with tert-alkyl or cyclic N) is 1. The number of pyridine rings is 1. The molecule has 2 saturated heterocycles. The van der Waals surface area contributed by atoms with E-state index < -0.39 is 69.2 Å². The van der Waals surface area contributed by atoms with Crippen molar-refractivity contribution in [2.75, 3.05) is 67.7 Å². The molecule has 11 rings (SSSR count). The van der Waals surface area contributed by atoms with Crippen LogP contribution in [0, 0.1) is 24.2 Å². The van der Waals surface area contributed by atoms with Crippen LogP contribution in [0.1, 0.15) is 101 Å². The summed E-state index contributed by atoms with van der Waals surface area (Å²) >= 11 is 8.24. The number of likely N-dealkylation sites (tertiary alicyclic amines) is 1. The second-order valence-electron chi connectivity index (χ2n) is 24.6. The average Bonchev–Trinajstić information content (AvgIpc) is 1.71. The number of sulfone groups is 1. The molecule has 0 bridgehead atoms. The van der Waals surface area contributed by atoms with E-state index in [1.165, 1.54) is 52.8 Å². The summed E-state index contributed by atoms with van der Waals surface area (Å²) in [7, 11) is -3.77. The third-order valence-corrected chi connectivity index (χ3v) is 19.3. The van der Waals surface area contributed by atoms with Crippen molar-refractivity contribution in [2.45, 2.75) is 127 Å². The zero-order valence-corrected chi connectivity index (χ0v) is 52.8. The van der Waals surface area contributed by atoms with E-state index in [-0.39, 0.29) is 88.6 Å². The van der Waals surface area contributed by atoms with Crippen molar-refractivity contribution < 1.29 is 60.0 Å². The van der Waals surface area contributed by atoms with Gasteiger partial charge in [-0.15, -0.1) is 20.1 Å². The van der Waals surface area contributed by atoms with E-state index in [1.54, 1.807) is 44.5 Å². The third-order valence-electron chi connectivity index (χ3n) is 16.9. The van der Waals surface area contributed by atoms with Gasteiger partial charge in [-0.05, 0) is 117 Å². The van der Waals surface area contributed by atoms with Crippen LogP contribution in [0.5, 0.6) is 23.3 Å². The number of thiazole rings is 1. The fourth-order valence-electron chi connectivity index (χ4n) is 11.6. The summed E-state index contributed by atoms with van der Waals surface area (Å²) < 4.78 is 92.9. The van der Waals surface area contributed by atoms with Crippen LogP contribution < -0.4 is 50.4 Å². The summed E-state index contributed by atoms with van der Waals surface area (Å²) in [5.74, 6) is -0.879. The molecular formula is C62H72ClF3N12O10S2. The van der Waals surface area contributed by atoms with E-state index in [9.17, 15) is 41.1 Å². The molecule has 4 fully saturated rings. The molecular weight excluding hydrogens is 1230 g/mol. The number of benzene rings is 3. The Bertz CT molecular complexity index is 3750. The van der Waals surface area contributed by atoms with Gasteiger partial charge >= 0.3 is 12.3 Å². The smallest absolute Gasteiger partial charge is 0.493 e.